The van der Waals surface area contributed by atoms with E-state index in [0.717, 1.165) is 50.2 Å². The molecule has 0 saturated heterocycles. The number of carbonyl (C=O) groups excluding carboxylic acids is 1. The molecule has 12 heteroatoms. The molecule has 2 atom stereocenters. The summed E-state index contributed by atoms with van der Waals surface area (Å²) in [7, 11) is 2.94. The lowest BCUT2D eigenvalue weighted by Gasteiger charge is -2.28. The standard InChI is InChI=1S/C30H41ClFN5O5/c1-41-22(16-32)19-37(14-4-3-7-21-9-8-20-6-5-13-34-27(20)35-21)15-10-24(28(38)39)36-29(40)30(11-12-30)26-23(31)17-33-18-25(26)42-2/h8-9,17-18,22,24H,3-7,10-16,19H2,1-2H3,(H,34,35)(H,36,40)(H,38,39)/t22-,24+/m1/s1. The molecule has 4 rings (SSSR count). The highest BCUT2D eigenvalue weighted by Crippen LogP contribution is 2.53. The number of aromatic nitrogens is 2. The number of fused-ring (bicyclic) bond motifs is 1. The van der Waals surface area contributed by atoms with Crippen LogP contribution in [0.5, 0.6) is 5.75 Å². The van der Waals surface area contributed by atoms with E-state index in [4.69, 9.17) is 26.1 Å². The van der Waals surface area contributed by atoms with Gasteiger partial charge in [-0.15, -0.1) is 0 Å². The van der Waals surface area contributed by atoms with Gasteiger partial charge in [0.25, 0.3) is 0 Å². The molecule has 3 N–H and O–H groups in total. The first kappa shape index (κ1) is 31.9. The number of anilines is 1. The summed E-state index contributed by atoms with van der Waals surface area (Å²) in [5.74, 6) is -0.163. The molecule has 0 bridgehead atoms. The van der Waals surface area contributed by atoms with Crippen molar-refractivity contribution in [3.8, 4) is 5.75 Å². The molecular formula is C30H41ClFN5O5. The van der Waals surface area contributed by atoms with E-state index in [2.05, 4.69) is 27.8 Å². The number of aliphatic carboxylic acids is 1. The van der Waals surface area contributed by atoms with Crippen LogP contribution < -0.4 is 15.4 Å². The number of alkyl halides is 1. The molecule has 0 unspecified atom stereocenters. The van der Waals surface area contributed by atoms with Gasteiger partial charge < -0.3 is 30.1 Å². The van der Waals surface area contributed by atoms with Crippen LogP contribution in [0, 0.1) is 0 Å². The average Bonchev–Trinajstić information content (AvgIpc) is 3.80. The highest BCUT2D eigenvalue weighted by Gasteiger charge is 2.54. The molecule has 2 aromatic rings. The van der Waals surface area contributed by atoms with E-state index >= 15 is 0 Å². The van der Waals surface area contributed by atoms with Crippen LogP contribution in [0.25, 0.3) is 0 Å². The number of carboxylic acid groups (broad SMARTS) is 1. The Balaban J connectivity index is 1.34. The lowest BCUT2D eigenvalue weighted by molar-refractivity contribution is -0.142. The molecule has 0 aromatic carbocycles. The van der Waals surface area contributed by atoms with Crippen LogP contribution >= 0.6 is 11.6 Å². The molecule has 1 fully saturated rings. The van der Waals surface area contributed by atoms with Gasteiger partial charge in [-0.25, -0.2) is 14.2 Å². The Labute approximate surface area is 251 Å². The first-order valence-electron chi connectivity index (χ1n) is 14.6. The molecule has 1 aliphatic carbocycles. The molecule has 1 amide bonds. The summed E-state index contributed by atoms with van der Waals surface area (Å²) in [4.78, 5) is 36.4. The van der Waals surface area contributed by atoms with E-state index in [-0.39, 0.29) is 6.42 Å². The van der Waals surface area contributed by atoms with E-state index in [9.17, 15) is 19.1 Å². The number of amides is 1. The highest BCUT2D eigenvalue weighted by molar-refractivity contribution is 6.32. The lowest BCUT2D eigenvalue weighted by Crippen LogP contribution is -2.47. The van der Waals surface area contributed by atoms with Crippen LogP contribution in [0.15, 0.2) is 24.5 Å². The lowest BCUT2D eigenvalue weighted by atomic mass is 9.94. The van der Waals surface area contributed by atoms with Gasteiger partial charge in [0.05, 0.1) is 29.8 Å². The number of pyridine rings is 2. The van der Waals surface area contributed by atoms with Gasteiger partial charge in [0.1, 0.15) is 24.3 Å². The average molecular weight is 606 g/mol. The number of rotatable bonds is 17. The largest absolute Gasteiger partial charge is 0.495 e. The van der Waals surface area contributed by atoms with E-state index in [1.807, 2.05) is 4.90 Å². The molecule has 0 spiro atoms. The number of carboxylic acids is 1. The SMILES string of the molecule is COc1cncc(Cl)c1C1(C(=O)N[C@@H](CCN(CCCCc2ccc3c(n2)NCCC3)C[C@@H](CF)OC)C(=O)O)CC1. The van der Waals surface area contributed by atoms with Gasteiger partial charge in [-0.3, -0.25) is 9.78 Å². The van der Waals surface area contributed by atoms with Crippen molar-refractivity contribution in [2.45, 2.75) is 68.9 Å². The van der Waals surface area contributed by atoms with E-state index in [1.54, 1.807) is 0 Å². The number of unbranched alkanes of at least 4 members (excludes halogenated alkanes) is 1. The number of aryl methyl sites for hydroxylation is 2. The fourth-order valence-electron chi connectivity index (χ4n) is 5.54. The second kappa shape index (κ2) is 14.9. The normalized spacial score (nSPS) is 16.7. The third-order valence-corrected chi connectivity index (χ3v) is 8.45. The maximum atomic E-state index is 13.5. The second-order valence-electron chi connectivity index (χ2n) is 11.0. The Morgan fingerprint density at radius 1 is 1.24 bits per heavy atom. The second-order valence-corrected chi connectivity index (χ2v) is 11.5. The third-order valence-electron chi connectivity index (χ3n) is 8.16. The number of ether oxygens (including phenoxy) is 2. The van der Waals surface area contributed by atoms with E-state index in [1.165, 1.54) is 32.2 Å². The molecule has 10 nitrogen and oxygen atoms in total. The first-order valence-corrected chi connectivity index (χ1v) is 14.9. The molecule has 230 valence electrons. The number of halogens is 2. The number of nitrogens with zero attached hydrogens (tertiary/aromatic N) is 3. The number of hydrogen-bond acceptors (Lipinski definition) is 8. The fraction of sp³-hybridized carbons (Fsp3) is 0.600. The van der Waals surface area contributed by atoms with Crippen LogP contribution in [-0.4, -0.2) is 91.1 Å². The van der Waals surface area contributed by atoms with Crippen molar-refractivity contribution in [2.24, 2.45) is 0 Å². The summed E-state index contributed by atoms with van der Waals surface area (Å²) in [6.07, 6.45) is 8.22. The summed E-state index contributed by atoms with van der Waals surface area (Å²) in [5.41, 5.74) is 1.86. The van der Waals surface area contributed by atoms with Gasteiger partial charge in [-0.1, -0.05) is 17.7 Å². The zero-order valence-electron chi connectivity index (χ0n) is 24.3. The summed E-state index contributed by atoms with van der Waals surface area (Å²) in [5, 5.41) is 16.4. The van der Waals surface area contributed by atoms with Crippen molar-refractivity contribution in [1.82, 2.24) is 20.2 Å². The van der Waals surface area contributed by atoms with Gasteiger partial charge in [-0.2, -0.15) is 0 Å². The van der Waals surface area contributed by atoms with Gasteiger partial charge in [0, 0.05) is 44.2 Å². The number of methoxy groups -OCH3 is 2. The molecule has 2 aliphatic rings. The Hall–Kier alpha value is -3.02. The zero-order chi connectivity index (χ0) is 30.1. The summed E-state index contributed by atoms with van der Waals surface area (Å²) < 4.78 is 24.2. The van der Waals surface area contributed by atoms with Crippen molar-refractivity contribution < 1.29 is 28.6 Å². The van der Waals surface area contributed by atoms with Crippen molar-refractivity contribution >= 4 is 29.3 Å². The Morgan fingerprint density at radius 2 is 2.05 bits per heavy atom. The molecule has 42 heavy (non-hydrogen) atoms. The van der Waals surface area contributed by atoms with Crippen LogP contribution in [0.3, 0.4) is 0 Å². The van der Waals surface area contributed by atoms with Crippen molar-refractivity contribution in [1.29, 1.82) is 0 Å². The smallest absolute Gasteiger partial charge is 0.326 e. The number of nitrogens with one attached hydrogen (secondary N) is 2. The first-order chi connectivity index (χ1) is 20.3. The quantitative estimate of drug-likeness (QED) is 0.231. The van der Waals surface area contributed by atoms with Crippen LogP contribution in [0.2, 0.25) is 5.02 Å². The summed E-state index contributed by atoms with van der Waals surface area (Å²) >= 11 is 6.39. The number of carbonyl (C=O) groups is 2. The minimum atomic E-state index is -1.13. The van der Waals surface area contributed by atoms with E-state index in [0.29, 0.717) is 48.8 Å². The van der Waals surface area contributed by atoms with Gasteiger partial charge >= 0.3 is 5.97 Å². The van der Waals surface area contributed by atoms with Crippen LogP contribution in [-0.2, 0) is 32.6 Å². The maximum absolute atomic E-state index is 13.5. The molecule has 0 radical (unpaired) electrons. The molecule has 1 aliphatic heterocycles. The Kier molecular flexibility index (Phi) is 11.3. The highest BCUT2D eigenvalue weighted by atomic mass is 35.5. The van der Waals surface area contributed by atoms with Crippen LogP contribution in [0.4, 0.5) is 10.2 Å². The van der Waals surface area contributed by atoms with E-state index < -0.39 is 36.1 Å². The monoisotopic (exact) mass is 605 g/mol. The minimum Gasteiger partial charge on any atom is -0.495 e. The fourth-order valence-corrected chi connectivity index (χ4v) is 5.87. The topological polar surface area (TPSA) is 126 Å². The Bertz CT molecular complexity index is 1230. The summed E-state index contributed by atoms with van der Waals surface area (Å²) in [6.45, 7) is 1.61. The van der Waals surface area contributed by atoms with Crippen LogP contribution in [0.1, 0.15) is 55.3 Å². The van der Waals surface area contributed by atoms with Crippen molar-refractivity contribution in [2.75, 3.05) is 52.4 Å². The predicted octanol–water partition coefficient (Wildman–Crippen LogP) is 3.80. The maximum Gasteiger partial charge on any atom is 0.326 e. The number of hydrogen-bond donors (Lipinski definition) is 3. The molecule has 1 saturated carbocycles. The summed E-state index contributed by atoms with van der Waals surface area (Å²) in [6, 6.07) is 3.10. The minimum absolute atomic E-state index is 0.152. The van der Waals surface area contributed by atoms with Gasteiger partial charge in [0.15, 0.2) is 0 Å². The van der Waals surface area contributed by atoms with Crippen molar-refractivity contribution in [3.05, 3.63) is 46.4 Å². The molecular weight excluding hydrogens is 565 g/mol. The zero-order valence-corrected chi connectivity index (χ0v) is 25.1. The third kappa shape index (κ3) is 7.87. The van der Waals surface area contributed by atoms with Gasteiger partial charge in [0.2, 0.25) is 5.91 Å². The van der Waals surface area contributed by atoms with Gasteiger partial charge in [-0.05, 0) is 69.5 Å². The van der Waals surface area contributed by atoms with Crippen molar-refractivity contribution in [3.63, 3.8) is 0 Å². The molecule has 2 aromatic heterocycles. The Morgan fingerprint density at radius 3 is 2.74 bits per heavy atom. The predicted molar refractivity (Wildman–Crippen MR) is 158 cm³/mol. The molecule has 3 heterocycles.